The predicted molar refractivity (Wildman–Crippen MR) is 117 cm³/mol. The van der Waals surface area contributed by atoms with Crippen LogP contribution in [0.2, 0.25) is 0 Å². The van der Waals surface area contributed by atoms with E-state index in [-0.39, 0.29) is 5.91 Å². The fraction of sp³-hybridized carbons (Fsp3) is 0.391. The van der Waals surface area contributed by atoms with E-state index in [0.717, 1.165) is 47.9 Å². The van der Waals surface area contributed by atoms with Gasteiger partial charge in [0.25, 0.3) is 0 Å². The number of nitrogens with zero attached hydrogens (tertiary/aromatic N) is 2. The highest BCUT2D eigenvalue weighted by atomic mass is 16.5. The van der Waals surface area contributed by atoms with E-state index in [1.807, 2.05) is 48.2 Å². The molecule has 1 saturated heterocycles. The molecule has 0 bridgehead atoms. The van der Waals surface area contributed by atoms with Gasteiger partial charge in [-0.2, -0.15) is 0 Å². The van der Waals surface area contributed by atoms with Crippen LogP contribution < -0.4 is 20.3 Å². The Morgan fingerprint density at radius 2 is 1.83 bits per heavy atom. The molecular formula is C23H30N4O2. The van der Waals surface area contributed by atoms with Crippen molar-refractivity contribution in [2.24, 2.45) is 4.99 Å². The molecule has 2 N–H and O–H groups in total. The number of carbonyl (C=O) groups is 1. The third-order valence-electron chi connectivity index (χ3n) is 4.97. The summed E-state index contributed by atoms with van der Waals surface area (Å²) in [5, 5.41) is 6.66. The molecule has 6 heteroatoms. The van der Waals surface area contributed by atoms with Gasteiger partial charge in [-0.05, 0) is 43.5 Å². The van der Waals surface area contributed by atoms with Crippen LogP contribution in [0.4, 0.5) is 5.69 Å². The lowest BCUT2D eigenvalue weighted by Crippen LogP contribution is -2.36. The summed E-state index contributed by atoms with van der Waals surface area (Å²) in [6.07, 6.45) is 2.72. The van der Waals surface area contributed by atoms with Gasteiger partial charge in [0.2, 0.25) is 5.91 Å². The zero-order valence-electron chi connectivity index (χ0n) is 17.3. The maximum absolute atomic E-state index is 12.1. The zero-order chi connectivity index (χ0) is 20.5. The maximum atomic E-state index is 12.1. The monoisotopic (exact) mass is 394 g/mol. The highest BCUT2D eigenvalue weighted by molar-refractivity contribution is 5.93. The van der Waals surface area contributed by atoms with Crippen molar-refractivity contribution in [2.75, 3.05) is 25.1 Å². The third kappa shape index (κ3) is 5.73. The van der Waals surface area contributed by atoms with Gasteiger partial charge < -0.3 is 20.3 Å². The summed E-state index contributed by atoms with van der Waals surface area (Å²) in [6.45, 7) is 4.73. The number of para-hydroxylation sites is 1. The van der Waals surface area contributed by atoms with Gasteiger partial charge in [-0.1, -0.05) is 30.3 Å². The van der Waals surface area contributed by atoms with Gasteiger partial charge >= 0.3 is 0 Å². The number of guanidine groups is 1. The van der Waals surface area contributed by atoms with E-state index in [9.17, 15) is 4.79 Å². The van der Waals surface area contributed by atoms with Crippen LogP contribution >= 0.6 is 0 Å². The molecule has 0 atom stereocenters. The first-order chi connectivity index (χ1) is 14.2. The largest absolute Gasteiger partial charge is 0.494 e. The average Bonchev–Trinajstić information content (AvgIpc) is 2.76. The molecule has 154 valence electrons. The van der Waals surface area contributed by atoms with Crippen LogP contribution in [0.1, 0.15) is 37.3 Å². The Hall–Kier alpha value is -3.02. The lowest BCUT2D eigenvalue weighted by molar-refractivity contribution is -0.119. The van der Waals surface area contributed by atoms with E-state index in [4.69, 9.17) is 4.74 Å². The summed E-state index contributed by atoms with van der Waals surface area (Å²) >= 11 is 0. The number of aliphatic imine (C=N–C) groups is 1. The van der Waals surface area contributed by atoms with Crippen molar-refractivity contribution in [3.63, 3.8) is 0 Å². The minimum absolute atomic E-state index is 0.221. The van der Waals surface area contributed by atoms with Gasteiger partial charge in [-0.25, -0.2) is 0 Å². The molecule has 0 radical (unpaired) electrons. The molecule has 0 aliphatic carbocycles. The smallest absolute Gasteiger partial charge is 0.226 e. The van der Waals surface area contributed by atoms with E-state index >= 15 is 0 Å². The van der Waals surface area contributed by atoms with Gasteiger partial charge in [0.15, 0.2) is 5.96 Å². The summed E-state index contributed by atoms with van der Waals surface area (Å²) in [7, 11) is 1.76. The fourth-order valence-electron chi connectivity index (χ4n) is 3.40. The van der Waals surface area contributed by atoms with Crippen LogP contribution in [0, 0.1) is 0 Å². The third-order valence-corrected chi connectivity index (χ3v) is 4.97. The Labute approximate surface area is 173 Å². The molecule has 6 nitrogen and oxygen atoms in total. The second-order valence-electron chi connectivity index (χ2n) is 6.99. The summed E-state index contributed by atoms with van der Waals surface area (Å²) in [6, 6.07) is 16.2. The van der Waals surface area contributed by atoms with E-state index < -0.39 is 0 Å². The Morgan fingerprint density at radius 3 is 2.55 bits per heavy atom. The molecule has 2 aromatic rings. The SMILES string of the molecule is CCOc1ccccc1CNC(=NC)NCc1ccc(N2CCCCC2=O)cc1. The highest BCUT2D eigenvalue weighted by Crippen LogP contribution is 2.21. The first kappa shape index (κ1) is 20.7. The van der Waals surface area contributed by atoms with Gasteiger partial charge in [0.1, 0.15) is 5.75 Å². The summed E-state index contributed by atoms with van der Waals surface area (Å²) in [5.41, 5.74) is 3.21. The summed E-state index contributed by atoms with van der Waals surface area (Å²) < 4.78 is 5.67. The van der Waals surface area contributed by atoms with E-state index in [2.05, 4.69) is 27.8 Å². The van der Waals surface area contributed by atoms with Crippen molar-refractivity contribution in [1.82, 2.24) is 10.6 Å². The van der Waals surface area contributed by atoms with E-state index in [1.165, 1.54) is 0 Å². The topological polar surface area (TPSA) is 66.0 Å². The first-order valence-electron chi connectivity index (χ1n) is 10.3. The van der Waals surface area contributed by atoms with Crippen LogP contribution in [0.5, 0.6) is 5.75 Å². The minimum atomic E-state index is 0.221. The molecule has 29 heavy (non-hydrogen) atoms. The predicted octanol–water partition coefficient (Wildman–Crippen LogP) is 3.47. The number of nitrogens with one attached hydrogen (secondary N) is 2. The Morgan fingerprint density at radius 1 is 1.07 bits per heavy atom. The second kappa shape index (κ2) is 10.5. The Balaban J connectivity index is 1.52. The number of hydrogen-bond donors (Lipinski definition) is 2. The average molecular weight is 395 g/mol. The Kier molecular flexibility index (Phi) is 7.50. The number of carbonyl (C=O) groups excluding carboxylic acids is 1. The van der Waals surface area contributed by atoms with Crippen molar-refractivity contribution in [1.29, 1.82) is 0 Å². The highest BCUT2D eigenvalue weighted by Gasteiger charge is 2.19. The molecule has 0 aromatic heterocycles. The van der Waals surface area contributed by atoms with Crippen LogP contribution in [-0.4, -0.2) is 32.1 Å². The molecule has 1 amide bonds. The molecule has 2 aromatic carbocycles. The number of rotatable bonds is 7. The van der Waals surface area contributed by atoms with Gasteiger partial charge in [0.05, 0.1) is 6.61 Å². The molecule has 0 saturated carbocycles. The fourth-order valence-corrected chi connectivity index (χ4v) is 3.40. The standard InChI is InChI=1S/C23H30N4O2/c1-3-29-21-9-5-4-8-19(21)17-26-23(24-2)25-16-18-11-13-20(14-12-18)27-15-7-6-10-22(27)28/h4-5,8-9,11-14H,3,6-7,10,15-17H2,1-2H3,(H2,24,25,26). The van der Waals surface area contributed by atoms with Gasteiger partial charge in [-0.3, -0.25) is 9.79 Å². The molecule has 1 fully saturated rings. The molecule has 0 unspecified atom stereocenters. The van der Waals surface area contributed by atoms with Crippen molar-refractivity contribution < 1.29 is 9.53 Å². The number of hydrogen-bond acceptors (Lipinski definition) is 3. The summed E-state index contributed by atoms with van der Waals surface area (Å²) in [4.78, 5) is 18.2. The zero-order valence-corrected chi connectivity index (χ0v) is 17.3. The minimum Gasteiger partial charge on any atom is -0.494 e. The summed E-state index contributed by atoms with van der Waals surface area (Å²) in [5.74, 6) is 1.84. The van der Waals surface area contributed by atoms with Crippen molar-refractivity contribution in [3.05, 3.63) is 59.7 Å². The normalized spacial score (nSPS) is 14.6. The molecule has 1 heterocycles. The number of ether oxygens (including phenoxy) is 1. The van der Waals surface area contributed by atoms with E-state index in [0.29, 0.717) is 26.1 Å². The van der Waals surface area contributed by atoms with Crippen molar-refractivity contribution in [3.8, 4) is 5.75 Å². The lowest BCUT2D eigenvalue weighted by Gasteiger charge is -2.26. The van der Waals surface area contributed by atoms with Crippen LogP contribution in [-0.2, 0) is 17.9 Å². The molecule has 1 aliphatic rings. The van der Waals surface area contributed by atoms with Crippen molar-refractivity contribution in [2.45, 2.75) is 39.3 Å². The van der Waals surface area contributed by atoms with Gasteiger partial charge in [-0.15, -0.1) is 0 Å². The number of anilines is 1. The maximum Gasteiger partial charge on any atom is 0.226 e. The van der Waals surface area contributed by atoms with Crippen LogP contribution in [0.3, 0.4) is 0 Å². The molecule has 1 aliphatic heterocycles. The number of amides is 1. The number of piperidine rings is 1. The molecule has 0 spiro atoms. The first-order valence-corrected chi connectivity index (χ1v) is 10.3. The van der Waals surface area contributed by atoms with Crippen LogP contribution in [0.15, 0.2) is 53.5 Å². The molecule has 3 rings (SSSR count). The van der Waals surface area contributed by atoms with Crippen LogP contribution in [0.25, 0.3) is 0 Å². The Bertz CT molecular complexity index is 833. The number of benzene rings is 2. The molecular weight excluding hydrogens is 364 g/mol. The second-order valence-corrected chi connectivity index (χ2v) is 6.99. The van der Waals surface area contributed by atoms with Crippen molar-refractivity contribution >= 4 is 17.6 Å². The quantitative estimate of drug-likeness (QED) is 0.557. The van der Waals surface area contributed by atoms with Gasteiger partial charge in [0, 0.05) is 44.4 Å². The lowest BCUT2D eigenvalue weighted by atomic mass is 10.1. The van der Waals surface area contributed by atoms with E-state index in [1.54, 1.807) is 7.05 Å².